The quantitative estimate of drug-likeness (QED) is 0.504. The zero-order valence-electron chi connectivity index (χ0n) is 18.3. The maximum absolute atomic E-state index is 13.7. The lowest BCUT2D eigenvalue weighted by Gasteiger charge is -2.28. The molecule has 2 aromatic rings. The molecule has 9 nitrogen and oxygen atoms in total. The molecular formula is C23H25FN4O5. The summed E-state index contributed by atoms with van der Waals surface area (Å²) in [6.07, 6.45) is 0.220. The Bertz CT molecular complexity index is 1150. The summed E-state index contributed by atoms with van der Waals surface area (Å²) in [7, 11) is 0. The summed E-state index contributed by atoms with van der Waals surface area (Å²) >= 11 is 0. The number of hydrogen-bond donors (Lipinski definition) is 4. The maximum atomic E-state index is 13.7. The van der Waals surface area contributed by atoms with Gasteiger partial charge in [0.25, 0.3) is 17.7 Å². The van der Waals surface area contributed by atoms with Gasteiger partial charge in [0.15, 0.2) is 0 Å². The average molecular weight is 456 g/mol. The molecular weight excluding hydrogens is 431 g/mol. The van der Waals surface area contributed by atoms with Crippen LogP contribution in [0.1, 0.15) is 32.9 Å². The van der Waals surface area contributed by atoms with E-state index in [0.29, 0.717) is 60.1 Å². The zero-order valence-corrected chi connectivity index (χ0v) is 18.3. The summed E-state index contributed by atoms with van der Waals surface area (Å²) in [5.74, 6) is -1.73. The number of morpholine rings is 1. The minimum atomic E-state index is -1.36. The molecule has 0 spiro atoms. The smallest absolute Gasteiger partial charge is 0.256 e. The number of aliphatic hydroxyl groups is 1. The van der Waals surface area contributed by atoms with Gasteiger partial charge in [-0.1, -0.05) is 0 Å². The second-order valence-electron chi connectivity index (χ2n) is 8.03. The van der Waals surface area contributed by atoms with E-state index < -0.39 is 23.7 Å². The fourth-order valence-electron chi connectivity index (χ4n) is 4.07. The summed E-state index contributed by atoms with van der Waals surface area (Å²) in [4.78, 5) is 42.1. The highest BCUT2D eigenvalue weighted by molar-refractivity contribution is 6.34. The van der Waals surface area contributed by atoms with Gasteiger partial charge < -0.3 is 30.4 Å². The molecule has 1 aromatic carbocycles. The topological polar surface area (TPSA) is 124 Å². The summed E-state index contributed by atoms with van der Waals surface area (Å²) in [6, 6.07) is 4.05. The number of aromatic nitrogens is 1. The van der Waals surface area contributed by atoms with Gasteiger partial charge in [0.1, 0.15) is 11.9 Å². The van der Waals surface area contributed by atoms with Crippen molar-refractivity contribution >= 4 is 35.1 Å². The molecule has 2 aliphatic heterocycles. The van der Waals surface area contributed by atoms with Gasteiger partial charge in [-0.2, -0.15) is 0 Å². The molecule has 10 heteroatoms. The van der Waals surface area contributed by atoms with E-state index in [4.69, 9.17) is 4.74 Å². The lowest BCUT2D eigenvalue weighted by molar-refractivity contribution is -0.143. The van der Waals surface area contributed by atoms with Crippen molar-refractivity contribution < 1.29 is 28.6 Å². The van der Waals surface area contributed by atoms with Crippen LogP contribution in [0.5, 0.6) is 0 Å². The number of carbonyl (C=O) groups is 3. The van der Waals surface area contributed by atoms with Gasteiger partial charge in [-0.25, -0.2) is 4.39 Å². The van der Waals surface area contributed by atoms with Gasteiger partial charge in [-0.05, 0) is 43.7 Å². The number of hydrogen-bond acceptors (Lipinski definition) is 5. The second kappa shape index (κ2) is 9.16. The number of halogens is 1. The van der Waals surface area contributed by atoms with Crippen LogP contribution >= 0.6 is 0 Å². The van der Waals surface area contributed by atoms with Gasteiger partial charge in [-0.15, -0.1) is 0 Å². The fourth-order valence-corrected chi connectivity index (χ4v) is 4.07. The van der Waals surface area contributed by atoms with Crippen molar-refractivity contribution in [3.63, 3.8) is 0 Å². The zero-order chi connectivity index (χ0) is 23.7. The molecule has 1 atom stereocenters. The van der Waals surface area contributed by atoms with E-state index in [9.17, 15) is 23.9 Å². The first-order valence-corrected chi connectivity index (χ1v) is 10.6. The third-order valence-electron chi connectivity index (χ3n) is 5.82. The first-order valence-electron chi connectivity index (χ1n) is 10.6. The van der Waals surface area contributed by atoms with Crippen LogP contribution in [0.15, 0.2) is 18.2 Å². The molecule has 1 saturated heterocycles. The third kappa shape index (κ3) is 4.53. The molecule has 33 heavy (non-hydrogen) atoms. The number of aryl methyl sites for hydroxylation is 1. The van der Waals surface area contributed by atoms with E-state index >= 15 is 0 Å². The van der Waals surface area contributed by atoms with Crippen molar-refractivity contribution in [2.75, 3.05) is 38.2 Å². The Balaban J connectivity index is 1.49. The van der Waals surface area contributed by atoms with E-state index in [2.05, 4.69) is 15.6 Å². The van der Waals surface area contributed by atoms with Crippen LogP contribution in [-0.2, 0) is 14.3 Å². The van der Waals surface area contributed by atoms with Gasteiger partial charge in [0, 0.05) is 35.7 Å². The van der Waals surface area contributed by atoms with E-state index in [0.717, 1.165) is 0 Å². The normalized spacial score (nSPS) is 17.6. The number of benzene rings is 1. The van der Waals surface area contributed by atoms with Crippen LogP contribution < -0.4 is 10.6 Å². The number of aromatic amines is 1. The molecule has 4 rings (SSSR count). The van der Waals surface area contributed by atoms with E-state index in [1.165, 1.54) is 23.1 Å². The van der Waals surface area contributed by atoms with Crippen LogP contribution in [0.25, 0.3) is 11.6 Å². The van der Waals surface area contributed by atoms with Crippen LogP contribution in [0, 0.1) is 19.7 Å². The van der Waals surface area contributed by atoms with Crippen molar-refractivity contribution in [3.8, 4) is 0 Å². The SMILES string of the molecule is Cc1[nH]c(C=C2C(=O)Nc3ccc(F)cc32)c(C)c1C(=O)NC[C@@H](O)C(=O)N1CCOCC1. The number of H-pyrrole nitrogens is 1. The number of ether oxygens (including phenoxy) is 1. The van der Waals surface area contributed by atoms with Crippen LogP contribution in [-0.4, -0.2) is 71.7 Å². The first kappa shape index (κ1) is 22.7. The molecule has 4 N–H and O–H groups in total. The number of aliphatic hydroxyl groups excluding tert-OH is 1. The standard InChI is InChI=1S/C23H25FN4O5/c1-12-18(10-16-15-9-14(24)3-4-17(15)27-21(16)30)26-13(2)20(12)22(31)25-11-19(29)23(32)28-5-7-33-8-6-28/h3-4,9-10,19,26,29H,5-8,11H2,1-2H3,(H,25,31)(H,27,30)/t19-/m1/s1. The summed E-state index contributed by atoms with van der Waals surface area (Å²) in [6.45, 7) is 4.84. The second-order valence-corrected chi connectivity index (χ2v) is 8.03. The number of nitrogens with zero attached hydrogens (tertiary/aromatic N) is 1. The number of anilines is 1. The van der Waals surface area contributed by atoms with Crippen LogP contribution in [0.2, 0.25) is 0 Å². The molecule has 0 bridgehead atoms. The number of rotatable bonds is 5. The Labute approximate surface area is 189 Å². The highest BCUT2D eigenvalue weighted by atomic mass is 19.1. The monoisotopic (exact) mass is 456 g/mol. The van der Waals surface area contributed by atoms with Gasteiger partial charge in [0.05, 0.1) is 30.9 Å². The Kier molecular flexibility index (Phi) is 6.30. The van der Waals surface area contributed by atoms with Crippen molar-refractivity contribution in [2.45, 2.75) is 20.0 Å². The Hall–Kier alpha value is -3.50. The molecule has 2 aliphatic rings. The molecule has 174 valence electrons. The minimum absolute atomic E-state index is 0.232. The first-order chi connectivity index (χ1) is 15.8. The molecule has 3 amide bonds. The number of nitrogens with one attached hydrogen (secondary N) is 3. The summed E-state index contributed by atoms with van der Waals surface area (Å²) in [5.41, 5.74) is 3.28. The van der Waals surface area contributed by atoms with E-state index in [1.807, 2.05) is 0 Å². The van der Waals surface area contributed by atoms with Gasteiger partial charge in [-0.3, -0.25) is 14.4 Å². The highest BCUT2D eigenvalue weighted by Crippen LogP contribution is 2.34. The fraction of sp³-hybridized carbons (Fsp3) is 0.348. The molecule has 1 fully saturated rings. The number of carbonyl (C=O) groups excluding carboxylic acids is 3. The van der Waals surface area contributed by atoms with Crippen molar-refractivity contribution in [2.24, 2.45) is 0 Å². The van der Waals surface area contributed by atoms with Crippen molar-refractivity contribution in [1.82, 2.24) is 15.2 Å². The number of fused-ring (bicyclic) bond motifs is 1. The number of amides is 3. The van der Waals surface area contributed by atoms with Crippen molar-refractivity contribution in [1.29, 1.82) is 0 Å². The molecule has 0 saturated carbocycles. The largest absolute Gasteiger partial charge is 0.381 e. The van der Waals surface area contributed by atoms with Gasteiger partial charge in [0.2, 0.25) is 0 Å². The molecule has 1 aromatic heterocycles. The highest BCUT2D eigenvalue weighted by Gasteiger charge is 2.27. The lowest BCUT2D eigenvalue weighted by atomic mass is 10.0. The summed E-state index contributed by atoms with van der Waals surface area (Å²) < 4.78 is 18.9. The van der Waals surface area contributed by atoms with Crippen LogP contribution in [0.3, 0.4) is 0 Å². The lowest BCUT2D eigenvalue weighted by Crippen LogP contribution is -2.49. The molecule has 0 aliphatic carbocycles. The van der Waals surface area contributed by atoms with E-state index in [-0.39, 0.29) is 18.0 Å². The Morgan fingerprint density at radius 2 is 2.03 bits per heavy atom. The maximum Gasteiger partial charge on any atom is 0.256 e. The predicted molar refractivity (Wildman–Crippen MR) is 119 cm³/mol. The Morgan fingerprint density at radius 3 is 2.76 bits per heavy atom. The average Bonchev–Trinajstić information content (AvgIpc) is 3.26. The molecule has 0 radical (unpaired) electrons. The van der Waals surface area contributed by atoms with Crippen LogP contribution in [0.4, 0.5) is 10.1 Å². The van der Waals surface area contributed by atoms with Gasteiger partial charge >= 0.3 is 0 Å². The van der Waals surface area contributed by atoms with E-state index in [1.54, 1.807) is 19.9 Å². The van der Waals surface area contributed by atoms with Crippen molar-refractivity contribution in [3.05, 3.63) is 52.1 Å². The molecule has 3 heterocycles. The summed E-state index contributed by atoms with van der Waals surface area (Å²) in [5, 5.41) is 15.5. The predicted octanol–water partition coefficient (Wildman–Crippen LogP) is 1.21. The minimum Gasteiger partial charge on any atom is -0.381 e. The Morgan fingerprint density at radius 1 is 1.30 bits per heavy atom. The molecule has 0 unspecified atom stereocenters. The third-order valence-corrected chi connectivity index (χ3v) is 5.82.